The van der Waals surface area contributed by atoms with Gasteiger partial charge < -0.3 is 10.1 Å². The maximum Gasteiger partial charge on any atom is 0.119 e. The van der Waals surface area contributed by atoms with Crippen LogP contribution in [0.3, 0.4) is 0 Å². The summed E-state index contributed by atoms with van der Waals surface area (Å²) in [6, 6.07) is 8.10. The van der Waals surface area contributed by atoms with Crippen molar-refractivity contribution in [2.45, 2.75) is 32.7 Å². The fourth-order valence-corrected chi connectivity index (χ4v) is 1.90. The van der Waals surface area contributed by atoms with Gasteiger partial charge in [-0.1, -0.05) is 22.9 Å². The Hall–Kier alpha value is -1.05. The predicted octanol–water partition coefficient (Wildman–Crippen LogP) is 3.63. The number of benzene rings is 1. The molecule has 0 aliphatic rings. The molecule has 1 aromatic carbocycles. The summed E-state index contributed by atoms with van der Waals surface area (Å²) in [5, 5.41) is 11.8. The van der Waals surface area contributed by atoms with Crippen molar-refractivity contribution in [2.24, 2.45) is 0 Å². The molecule has 0 aromatic heterocycles. The zero-order chi connectivity index (χ0) is 13.2. The van der Waals surface area contributed by atoms with E-state index in [1.165, 1.54) is 5.56 Å². The standard InChI is InChI=1S/C14H19BrN2O/c1-2-8-17-11-12-10-13(5-6-14(12)15)18-9-4-3-7-16/h5-6,10,17H,2-4,8-9,11H2,1H3. The van der Waals surface area contributed by atoms with Crippen LogP contribution < -0.4 is 10.1 Å². The van der Waals surface area contributed by atoms with Crippen LogP contribution in [0.2, 0.25) is 0 Å². The molecule has 1 rings (SSSR count). The van der Waals surface area contributed by atoms with Crippen molar-refractivity contribution in [3.8, 4) is 11.8 Å². The first-order chi connectivity index (χ1) is 8.77. The molecule has 0 radical (unpaired) electrons. The van der Waals surface area contributed by atoms with Gasteiger partial charge in [0.25, 0.3) is 0 Å². The second-order valence-corrected chi connectivity index (χ2v) is 4.89. The van der Waals surface area contributed by atoms with E-state index in [1.54, 1.807) is 0 Å². The van der Waals surface area contributed by atoms with Crippen LogP contribution in [0.4, 0.5) is 0 Å². The molecule has 0 unspecified atom stereocenters. The van der Waals surface area contributed by atoms with Crippen molar-refractivity contribution in [3.05, 3.63) is 28.2 Å². The lowest BCUT2D eigenvalue weighted by Crippen LogP contribution is -2.14. The summed E-state index contributed by atoms with van der Waals surface area (Å²) in [4.78, 5) is 0. The fraction of sp³-hybridized carbons (Fsp3) is 0.500. The van der Waals surface area contributed by atoms with Crippen LogP contribution >= 0.6 is 15.9 Å². The van der Waals surface area contributed by atoms with Crippen molar-refractivity contribution in [3.63, 3.8) is 0 Å². The Morgan fingerprint density at radius 1 is 1.44 bits per heavy atom. The van der Waals surface area contributed by atoms with Gasteiger partial charge in [0.1, 0.15) is 5.75 Å². The van der Waals surface area contributed by atoms with Crippen molar-refractivity contribution in [1.82, 2.24) is 5.32 Å². The second-order valence-electron chi connectivity index (χ2n) is 4.04. The first kappa shape index (κ1) is 15.0. The summed E-state index contributed by atoms with van der Waals surface area (Å²) in [6.07, 6.45) is 2.44. The SMILES string of the molecule is CCCNCc1cc(OCCCC#N)ccc1Br. The number of halogens is 1. The van der Waals surface area contributed by atoms with Crippen LogP contribution in [0.15, 0.2) is 22.7 Å². The molecule has 0 amide bonds. The van der Waals surface area contributed by atoms with Crippen LogP contribution in [-0.2, 0) is 6.54 Å². The average Bonchev–Trinajstić information content (AvgIpc) is 2.38. The van der Waals surface area contributed by atoms with Gasteiger partial charge in [0.2, 0.25) is 0 Å². The lowest BCUT2D eigenvalue weighted by atomic mass is 10.2. The summed E-state index contributed by atoms with van der Waals surface area (Å²) in [7, 11) is 0. The monoisotopic (exact) mass is 310 g/mol. The Kier molecular flexibility index (Phi) is 7.47. The molecular formula is C14H19BrN2O. The Morgan fingerprint density at radius 2 is 2.28 bits per heavy atom. The molecule has 0 saturated heterocycles. The van der Waals surface area contributed by atoms with Crippen molar-refractivity contribution in [1.29, 1.82) is 5.26 Å². The molecule has 0 atom stereocenters. The molecule has 4 heteroatoms. The van der Waals surface area contributed by atoms with Gasteiger partial charge in [-0.05, 0) is 43.1 Å². The van der Waals surface area contributed by atoms with Gasteiger partial charge >= 0.3 is 0 Å². The van der Waals surface area contributed by atoms with E-state index in [4.69, 9.17) is 10.00 Å². The summed E-state index contributed by atoms with van der Waals surface area (Å²) in [5.74, 6) is 0.865. The minimum Gasteiger partial charge on any atom is -0.494 e. The second kappa shape index (κ2) is 8.96. The molecule has 0 fully saturated rings. The van der Waals surface area contributed by atoms with Gasteiger partial charge in [-0.15, -0.1) is 0 Å². The lowest BCUT2D eigenvalue weighted by Gasteiger charge is -2.10. The van der Waals surface area contributed by atoms with Crippen molar-refractivity contribution >= 4 is 15.9 Å². The lowest BCUT2D eigenvalue weighted by molar-refractivity contribution is 0.312. The largest absolute Gasteiger partial charge is 0.494 e. The van der Waals surface area contributed by atoms with Gasteiger partial charge in [-0.3, -0.25) is 0 Å². The number of nitrogens with zero attached hydrogens (tertiary/aromatic N) is 1. The maximum atomic E-state index is 8.44. The third-order valence-electron chi connectivity index (χ3n) is 2.46. The van der Waals surface area contributed by atoms with Gasteiger partial charge in [-0.2, -0.15) is 5.26 Å². The smallest absolute Gasteiger partial charge is 0.119 e. The number of hydrogen-bond donors (Lipinski definition) is 1. The molecular weight excluding hydrogens is 292 g/mol. The maximum absolute atomic E-state index is 8.44. The highest BCUT2D eigenvalue weighted by Gasteiger charge is 2.02. The number of hydrogen-bond acceptors (Lipinski definition) is 3. The van der Waals surface area contributed by atoms with Crippen LogP contribution in [0, 0.1) is 11.3 Å². The van der Waals surface area contributed by atoms with Gasteiger partial charge in [0, 0.05) is 17.4 Å². The molecule has 0 saturated carbocycles. The van der Waals surface area contributed by atoms with E-state index in [0.29, 0.717) is 13.0 Å². The number of nitrogens with one attached hydrogen (secondary N) is 1. The van der Waals surface area contributed by atoms with E-state index in [1.807, 2.05) is 18.2 Å². The van der Waals surface area contributed by atoms with E-state index >= 15 is 0 Å². The Balaban J connectivity index is 2.49. The van der Waals surface area contributed by atoms with Gasteiger partial charge in [-0.25, -0.2) is 0 Å². The molecule has 18 heavy (non-hydrogen) atoms. The van der Waals surface area contributed by atoms with Crippen molar-refractivity contribution < 1.29 is 4.74 Å². The summed E-state index contributed by atoms with van der Waals surface area (Å²) >= 11 is 3.54. The first-order valence-electron chi connectivity index (χ1n) is 6.26. The predicted molar refractivity (Wildman–Crippen MR) is 76.5 cm³/mol. The quantitative estimate of drug-likeness (QED) is 0.746. The molecule has 0 spiro atoms. The van der Waals surface area contributed by atoms with Crippen LogP contribution in [0.5, 0.6) is 5.75 Å². The minimum absolute atomic E-state index is 0.543. The Morgan fingerprint density at radius 3 is 3.00 bits per heavy atom. The van der Waals surface area contributed by atoms with Gasteiger partial charge in [0.15, 0.2) is 0 Å². The highest BCUT2D eigenvalue weighted by atomic mass is 79.9. The molecule has 0 aliphatic carbocycles. The third-order valence-corrected chi connectivity index (χ3v) is 3.23. The molecule has 1 N–H and O–H groups in total. The zero-order valence-corrected chi connectivity index (χ0v) is 12.3. The molecule has 3 nitrogen and oxygen atoms in total. The molecule has 98 valence electrons. The topological polar surface area (TPSA) is 45.0 Å². The molecule has 1 aromatic rings. The highest BCUT2D eigenvalue weighted by Crippen LogP contribution is 2.22. The van der Waals surface area contributed by atoms with Crippen LogP contribution in [-0.4, -0.2) is 13.2 Å². The minimum atomic E-state index is 0.543. The van der Waals surface area contributed by atoms with Crippen molar-refractivity contribution in [2.75, 3.05) is 13.2 Å². The van der Waals surface area contributed by atoms with Gasteiger partial charge in [0.05, 0.1) is 12.7 Å². The van der Waals surface area contributed by atoms with E-state index in [0.717, 1.165) is 36.2 Å². The molecule has 0 bridgehead atoms. The normalized spacial score (nSPS) is 10.1. The number of nitriles is 1. The number of unbranched alkanes of at least 4 members (excludes halogenated alkanes) is 1. The Bertz CT molecular complexity index is 401. The van der Waals surface area contributed by atoms with Crippen LogP contribution in [0.1, 0.15) is 31.7 Å². The summed E-state index contributed by atoms with van der Waals surface area (Å²) in [5.41, 5.74) is 1.20. The summed E-state index contributed by atoms with van der Waals surface area (Å²) in [6.45, 7) is 4.59. The van der Waals surface area contributed by atoms with Crippen LogP contribution in [0.25, 0.3) is 0 Å². The fourth-order valence-electron chi connectivity index (χ4n) is 1.52. The van der Waals surface area contributed by atoms with E-state index in [2.05, 4.69) is 34.2 Å². The zero-order valence-electron chi connectivity index (χ0n) is 10.7. The highest BCUT2D eigenvalue weighted by molar-refractivity contribution is 9.10. The average molecular weight is 311 g/mol. The van der Waals surface area contributed by atoms with E-state index in [9.17, 15) is 0 Å². The van der Waals surface area contributed by atoms with E-state index < -0.39 is 0 Å². The number of rotatable bonds is 8. The number of ether oxygens (including phenoxy) is 1. The molecule has 0 heterocycles. The first-order valence-corrected chi connectivity index (χ1v) is 7.06. The Labute approximate surface area is 117 Å². The summed E-state index contributed by atoms with van der Waals surface area (Å²) < 4.78 is 6.70. The van der Waals surface area contributed by atoms with E-state index in [-0.39, 0.29) is 0 Å². The third kappa shape index (κ3) is 5.52. The molecule has 0 aliphatic heterocycles.